The first-order chi connectivity index (χ1) is 21.0. The van der Waals surface area contributed by atoms with Crippen molar-refractivity contribution in [3.8, 4) is 5.75 Å². The van der Waals surface area contributed by atoms with Gasteiger partial charge in [0.05, 0.1) is 23.1 Å². The third kappa shape index (κ3) is 6.21. The van der Waals surface area contributed by atoms with E-state index >= 15 is 0 Å². The van der Waals surface area contributed by atoms with E-state index in [1.54, 1.807) is 20.8 Å². The van der Waals surface area contributed by atoms with Gasteiger partial charge in [0, 0.05) is 24.7 Å². The predicted molar refractivity (Wildman–Crippen MR) is 167 cm³/mol. The van der Waals surface area contributed by atoms with Crippen LogP contribution < -0.4 is 10.1 Å². The third-order valence-corrected chi connectivity index (χ3v) is 8.08. The number of ether oxygens (including phenoxy) is 2. The smallest absolute Gasteiger partial charge is 0.324 e. The van der Waals surface area contributed by atoms with E-state index < -0.39 is 34.0 Å². The third-order valence-electron chi connectivity index (χ3n) is 8.08. The van der Waals surface area contributed by atoms with Crippen LogP contribution in [0.2, 0.25) is 0 Å². The number of carboxylic acids is 1. The Kier molecular flexibility index (Phi) is 9.84. The van der Waals surface area contributed by atoms with Crippen LogP contribution in [0.3, 0.4) is 0 Å². The number of carbonyl (C=O) groups is 1. The molecule has 3 N–H and O–H groups in total. The van der Waals surface area contributed by atoms with Gasteiger partial charge in [0.2, 0.25) is 0 Å². The highest BCUT2D eigenvalue weighted by Crippen LogP contribution is 2.45. The predicted octanol–water partition coefficient (Wildman–Crippen LogP) is 6.06. The summed E-state index contributed by atoms with van der Waals surface area (Å²) in [6.45, 7) is 4.74. The van der Waals surface area contributed by atoms with Crippen molar-refractivity contribution in [2.24, 2.45) is 5.41 Å². The van der Waals surface area contributed by atoms with Crippen LogP contribution >= 0.6 is 0 Å². The maximum atomic E-state index is 13.8. The number of aliphatic carboxylic acids is 1. The summed E-state index contributed by atoms with van der Waals surface area (Å²) in [7, 11) is 1.41. The van der Waals surface area contributed by atoms with Crippen LogP contribution in [-0.4, -0.2) is 40.5 Å². The molecule has 0 fully saturated rings. The molecule has 230 valence electrons. The molecular formula is C35H38N2O7. The molecule has 0 aromatic heterocycles. The standard InChI is InChI=1S/C35H38N2O7/c1-33(2,3)34(32(39)40,22-25-20-26(23-38)31(44-24-43-4)21-30(25)37(41)42)36-35(27-14-8-5-9-15-27,28-16-10-6-11-17-28)29-18-12-7-13-19-29/h5-21,36,38H,22-24H2,1-4H3,(H,39,40)/t34-/m1/s1. The quantitative estimate of drug-likeness (QED) is 0.0732. The molecular weight excluding hydrogens is 560 g/mol. The molecule has 4 aromatic rings. The minimum atomic E-state index is -1.79. The summed E-state index contributed by atoms with van der Waals surface area (Å²) in [6, 6.07) is 31.4. The number of benzene rings is 4. The highest BCUT2D eigenvalue weighted by atomic mass is 16.7. The van der Waals surface area contributed by atoms with E-state index in [-0.39, 0.29) is 35.8 Å². The molecule has 0 aliphatic rings. The minimum Gasteiger partial charge on any atom is -0.480 e. The van der Waals surface area contributed by atoms with E-state index in [0.717, 1.165) is 16.7 Å². The second kappa shape index (κ2) is 13.4. The number of aliphatic hydroxyl groups excluding tert-OH is 1. The number of aliphatic hydroxyl groups is 1. The number of nitro benzene ring substituents is 1. The molecule has 0 aliphatic heterocycles. The van der Waals surface area contributed by atoms with Crippen molar-refractivity contribution in [3.05, 3.63) is 141 Å². The van der Waals surface area contributed by atoms with Gasteiger partial charge in [-0.15, -0.1) is 0 Å². The summed E-state index contributed by atoms with van der Waals surface area (Å²) in [5.74, 6) is -1.10. The topological polar surface area (TPSA) is 131 Å². The molecule has 1 atom stereocenters. The average Bonchev–Trinajstić information content (AvgIpc) is 3.02. The highest BCUT2D eigenvalue weighted by Gasteiger charge is 2.55. The molecule has 0 spiro atoms. The first-order valence-electron chi connectivity index (χ1n) is 14.2. The zero-order chi connectivity index (χ0) is 32.0. The number of hydrogen-bond acceptors (Lipinski definition) is 7. The lowest BCUT2D eigenvalue weighted by atomic mass is 9.66. The van der Waals surface area contributed by atoms with Crippen molar-refractivity contribution < 1.29 is 29.4 Å². The molecule has 0 radical (unpaired) electrons. The number of nitrogens with zero attached hydrogens (tertiary/aromatic N) is 1. The molecule has 0 heterocycles. The Morgan fingerprint density at radius 1 is 0.841 bits per heavy atom. The van der Waals surface area contributed by atoms with Crippen molar-refractivity contribution in [2.45, 2.75) is 44.9 Å². The van der Waals surface area contributed by atoms with E-state index in [2.05, 4.69) is 5.32 Å². The Morgan fingerprint density at radius 3 is 1.68 bits per heavy atom. The van der Waals surface area contributed by atoms with Crippen LogP contribution in [0.1, 0.15) is 48.6 Å². The fraction of sp³-hybridized carbons (Fsp3) is 0.286. The Labute approximate surface area is 257 Å². The summed E-state index contributed by atoms with van der Waals surface area (Å²) >= 11 is 0. The van der Waals surface area contributed by atoms with E-state index in [0.29, 0.717) is 0 Å². The summed E-state index contributed by atoms with van der Waals surface area (Å²) in [6.07, 6.45) is -0.284. The van der Waals surface area contributed by atoms with Crippen molar-refractivity contribution in [1.82, 2.24) is 5.32 Å². The normalized spacial score (nSPS) is 13.2. The largest absolute Gasteiger partial charge is 0.480 e. The molecule has 0 aliphatic carbocycles. The fourth-order valence-corrected chi connectivity index (χ4v) is 5.69. The summed E-state index contributed by atoms with van der Waals surface area (Å²) in [5.41, 5.74) is -1.51. The van der Waals surface area contributed by atoms with Crippen LogP contribution in [0.25, 0.3) is 0 Å². The van der Waals surface area contributed by atoms with Gasteiger partial charge in [0.15, 0.2) is 6.79 Å². The monoisotopic (exact) mass is 598 g/mol. The van der Waals surface area contributed by atoms with Gasteiger partial charge >= 0.3 is 5.97 Å². The van der Waals surface area contributed by atoms with Crippen LogP contribution in [0.4, 0.5) is 5.69 Å². The fourth-order valence-electron chi connectivity index (χ4n) is 5.69. The second-order valence-corrected chi connectivity index (χ2v) is 11.7. The van der Waals surface area contributed by atoms with Crippen LogP contribution in [0.15, 0.2) is 103 Å². The lowest BCUT2D eigenvalue weighted by Gasteiger charge is -2.50. The summed E-state index contributed by atoms with van der Waals surface area (Å²) < 4.78 is 10.5. The van der Waals surface area contributed by atoms with Gasteiger partial charge in [-0.25, -0.2) is 0 Å². The van der Waals surface area contributed by atoms with E-state index in [9.17, 15) is 25.1 Å². The van der Waals surface area contributed by atoms with Gasteiger partial charge in [0.1, 0.15) is 11.3 Å². The second-order valence-electron chi connectivity index (χ2n) is 11.7. The lowest BCUT2D eigenvalue weighted by Crippen LogP contribution is -2.68. The zero-order valence-corrected chi connectivity index (χ0v) is 25.3. The maximum Gasteiger partial charge on any atom is 0.324 e. The average molecular weight is 599 g/mol. The number of methoxy groups -OCH3 is 1. The van der Waals surface area contributed by atoms with Gasteiger partial charge in [-0.3, -0.25) is 20.2 Å². The summed E-state index contributed by atoms with van der Waals surface area (Å²) in [4.78, 5) is 25.6. The highest BCUT2D eigenvalue weighted by molar-refractivity contribution is 5.81. The molecule has 4 rings (SSSR count). The SMILES string of the molecule is COCOc1cc([N+](=O)[O-])c(C[C@@](NC(c2ccccc2)(c2ccccc2)c2ccccc2)(C(=O)O)C(C)(C)C)cc1CO. The van der Waals surface area contributed by atoms with Gasteiger partial charge < -0.3 is 19.7 Å². The molecule has 9 nitrogen and oxygen atoms in total. The van der Waals surface area contributed by atoms with E-state index in [1.165, 1.54) is 19.2 Å². The molecule has 0 saturated heterocycles. The lowest BCUT2D eigenvalue weighted by molar-refractivity contribution is -0.385. The Morgan fingerprint density at radius 2 is 1.32 bits per heavy atom. The van der Waals surface area contributed by atoms with Crippen molar-refractivity contribution in [2.75, 3.05) is 13.9 Å². The van der Waals surface area contributed by atoms with Crippen molar-refractivity contribution >= 4 is 11.7 Å². The Balaban J connectivity index is 2.05. The number of carboxylic acid groups (broad SMARTS) is 1. The van der Waals surface area contributed by atoms with Gasteiger partial charge in [-0.2, -0.15) is 0 Å². The molecule has 0 saturated carbocycles. The number of hydrogen-bond donors (Lipinski definition) is 3. The van der Waals surface area contributed by atoms with Crippen LogP contribution in [-0.2, 0) is 28.1 Å². The molecule has 44 heavy (non-hydrogen) atoms. The molecule has 0 bridgehead atoms. The van der Waals surface area contributed by atoms with Gasteiger partial charge in [0.25, 0.3) is 5.69 Å². The van der Waals surface area contributed by atoms with Gasteiger partial charge in [-0.1, -0.05) is 112 Å². The maximum absolute atomic E-state index is 13.8. The van der Waals surface area contributed by atoms with Crippen LogP contribution in [0.5, 0.6) is 5.75 Å². The van der Waals surface area contributed by atoms with Crippen molar-refractivity contribution in [3.63, 3.8) is 0 Å². The number of rotatable bonds is 13. The first-order valence-corrected chi connectivity index (χ1v) is 14.2. The minimum absolute atomic E-state index is 0.0849. The molecule has 9 heteroatoms. The number of nitrogens with one attached hydrogen (secondary N) is 1. The van der Waals surface area contributed by atoms with E-state index in [4.69, 9.17) is 9.47 Å². The van der Waals surface area contributed by atoms with Crippen molar-refractivity contribution in [1.29, 1.82) is 0 Å². The zero-order valence-electron chi connectivity index (χ0n) is 25.3. The molecule has 0 unspecified atom stereocenters. The number of nitro groups is 1. The molecule has 0 amide bonds. The van der Waals surface area contributed by atoms with Gasteiger partial charge in [-0.05, 0) is 28.2 Å². The van der Waals surface area contributed by atoms with Crippen LogP contribution in [0, 0.1) is 15.5 Å². The first kappa shape index (κ1) is 32.3. The Bertz CT molecular complexity index is 1480. The molecule has 4 aromatic carbocycles. The Hall–Kier alpha value is -4.57. The summed E-state index contributed by atoms with van der Waals surface area (Å²) in [5, 5.41) is 37.4. The van der Waals surface area contributed by atoms with E-state index in [1.807, 2.05) is 91.0 Å².